The van der Waals surface area contributed by atoms with Crippen molar-refractivity contribution in [3.8, 4) is 0 Å². The van der Waals surface area contributed by atoms with Crippen molar-refractivity contribution in [2.24, 2.45) is 0 Å². The highest BCUT2D eigenvalue weighted by Crippen LogP contribution is 2.26. The quantitative estimate of drug-likeness (QED) is 0.543. The zero-order valence-electron chi connectivity index (χ0n) is 17.2. The second-order valence-electron chi connectivity index (χ2n) is 7.59. The first-order chi connectivity index (χ1) is 14.3. The van der Waals surface area contributed by atoms with Crippen LogP contribution in [0.1, 0.15) is 25.3 Å². The Morgan fingerprint density at radius 2 is 1.81 bits per heavy atom. The maximum Gasteiger partial charge on any atom is 0.446 e. The number of nitrogens with one attached hydrogen (secondary N) is 1. The number of alkyl halides is 3. The van der Waals surface area contributed by atoms with Crippen molar-refractivity contribution in [1.29, 1.82) is 0 Å². The molecule has 0 aromatic heterocycles. The number of halogens is 4. The summed E-state index contributed by atoms with van der Waals surface area (Å²) < 4.78 is 68.6. The molecule has 1 N–H and O–H groups in total. The zero-order chi connectivity index (χ0) is 23.4. The van der Waals surface area contributed by atoms with Crippen molar-refractivity contribution in [2.45, 2.75) is 49.5 Å². The Kier molecular flexibility index (Phi) is 8.04. The lowest BCUT2D eigenvalue weighted by Gasteiger charge is -2.33. The van der Waals surface area contributed by atoms with E-state index < -0.39 is 28.1 Å². The molecule has 7 nitrogen and oxygen atoms in total. The molecule has 2 saturated heterocycles. The maximum atomic E-state index is 14.3. The Hall–Kier alpha value is -2.21. The van der Waals surface area contributed by atoms with Gasteiger partial charge in [-0.3, -0.25) is 4.79 Å². The van der Waals surface area contributed by atoms with E-state index in [-0.39, 0.29) is 29.6 Å². The topological polar surface area (TPSA) is 86.8 Å². The van der Waals surface area contributed by atoms with Crippen molar-refractivity contribution in [3.63, 3.8) is 0 Å². The Bertz CT molecular complexity index is 902. The van der Waals surface area contributed by atoms with Gasteiger partial charge in [-0.05, 0) is 45.0 Å². The van der Waals surface area contributed by atoms with Crippen LogP contribution in [-0.4, -0.2) is 74.7 Å². The lowest BCUT2D eigenvalue weighted by molar-refractivity contribution is -0.156. The minimum atomic E-state index is -4.64. The van der Waals surface area contributed by atoms with Crippen LogP contribution in [-0.2, 0) is 21.2 Å². The summed E-state index contributed by atoms with van der Waals surface area (Å²) in [5, 5.41) is 3.29. The van der Waals surface area contributed by atoms with Crippen LogP contribution in [0.25, 0.3) is 0 Å². The van der Waals surface area contributed by atoms with Gasteiger partial charge in [-0.1, -0.05) is 6.07 Å². The summed E-state index contributed by atoms with van der Waals surface area (Å²) in [5.41, 5.74) is 0.333. The smallest absolute Gasteiger partial charge is 0.318 e. The van der Waals surface area contributed by atoms with Crippen molar-refractivity contribution in [2.75, 3.05) is 25.9 Å². The van der Waals surface area contributed by atoms with Gasteiger partial charge in [0.25, 0.3) is 0 Å². The van der Waals surface area contributed by atoms with Crippen LogP contribution >= 0.6 is 0 Å². The number of amides is 2. The number of carbonyl (C=O) groups is 2. The number of rotatable bonds is 4. The normalized spacial score (nSPS) is 20.5. The van der Waals surface area contributed by atoms with Crippen LogP contribution < -0.4 is 5.32 Å². The molecule has 1 aromatic rings. The Morgan fingerprint density at radius 1 is 1.23 bits per heavy atom. The van der Waals surface area contributed by atoms with E-state index in [0.717, 1.165) is 38.3 Å². The highest BCUT2D eigenvalue weighted by molar-refractivity contribution is 7.90. The predicted octanol–water partition coefficient (Wildman–Crippen LogP) is 2.35. The van der Waals surface area contributed by atoms with Crippen LogP contribution in [0.15, 0.2) is 23.1 Å². The Labute approximate surface area is 178 Å². The maximum absolute atomic E-state index is 14.3. The van der Waals surface area contributed by atoms with E-state index in [0.29, 0.717) is 12.1 Å². The molecule has 0 bridgehead atoms. The summed E-state index contributed by atoms with van der Waals surface area (Å²) in [6.45, 7) is 4.53. The molecule has 2 aliphatic rings. The van der Waals surface area contributed by atoms with Gasteiger partial charge in [-0.25, -0.2) is 17.6 Å². The number of benzene rings is 1. The van der Waals surface area contributed by atoms with E-state index in [1.807, 2.05) is 11.8 Å². The lowest BCUT2D eigenvalue weighted by atomic mass is 10.0. The van der Waals surface area contributed by atoms with E-state index in [2.05, 4.69) is 5.32 Å². The largest absolute Gasteiger partial charge is 0.446 e. The van der Waals surface area contributed by atoms with Gasteiger partial charge in [0.2, 0.25) is 6.29 Å². The van der Waals surface area contributed by atoms with E-state index in [1.54, 1.807) is 4.90 Å². The first kappa shape index (κ1) is 25.1. The molecule has 2 heterocycles. The Morgan fingerprint density at radius 3 is 2.29 bits per heavy atom. The first-order valence-electron chi connectivity index (χ1n) is 9.63. The number of nitrogens with zero attached hydrogens (tertiary/aromatic N) is 2. The number of sulfone groups is 1. The molecule has 31 heavy (non-hydrogen) atoms. The second kappa shape index (κ2) is 9.94. The molecule has 2 amide bonds. The highest BCUT2D eigenvalue weighted by Gasteiger charge is 2.39. The lowest BCUT2D eigenvalue weighted by Crippen LogP contribution is -2.47. The van der Waals surface area contributed by atoms with Crippen molar-refractivity contribution in [1.82, 2.24) is 15.1 Å². The number of aldehydes is 1. The number of piperidine rings is 1. The van der Waals surface area contributed by atoms with Gasteiger partial charge >= 0.3 is 12.2 Å². The number of hydrogen-bond donors (Lipinski definition) is 1. The van der Waals surface area contributed by atoms with Crippen LogP contribution in [0.4, 0.5) is 22.4 Å². The minimum Gasteiger partial charge on any atom is -0.318 e. The fraction of sp³-hybridized carbons (Fsp3) is 0.579. The van der Waals surface area contributed by atoms with Gasteiger partial charge in [0.05, 0.1) is 11.4 Å². The second-order valence-corrected chi connectivity index (χ2v) is 9.60. The molecule has 1 unspecified atom stereocenters. The van der Waals surface area contributed by atoms with Crippen molar-refractivity contribution >= 4 is 22.2 Å². The summed E-state index contributed by atoms with van der Waals surface area (Å²) >= 11 is 0. The number of carbonyl (C=O) groups excluding carboxylic acids is 2. The summed E-state index contributed by atoms with van der Waals surface area (Å²) in [7, 11) is -3.45. The summed E-state index contributed by atoms with van der Waals surface area (Å²) in [6.07, 6.45) is -2.79. The van der Waals surface area contributed by atoms with Gasteiger partial charge in [0.1, 0.15) is 5.82 Å². The molecule has 174 valence electrons. The number of hydrogen-bond acceptors (Lipinski definition) is 5. The molecule has 0 aliphatic carbocycles. The van der Waals surface area contributed by atoms with Crippen LogP contribution in [0, 0.1) is 5.82 Å². The molecule has 2 aliphatic heterocycles. The summed E-state index contributed by atoms with van der Waals surface area (Å²) in [6, 6.07) is 4.13. The van der Waals surface area contributed by atoms with E-state index >= 15 is 0 Å². The fourth-order valence-electron chi connectivity index (χ4n) is 3.66. The van der Waals surface area contributed by atoms with Gasteiger partial charge in [0, 0.05) is 30.4 Å². The fourth-order valence-corrected chi connectivity index (χ4v) is 4.30. The van der Waals surface area contributed by atoms with Gasteiger partial charge in [-0.2, -0.15) is 13.2 Å². The minimum absolute atomic E-state index is 0.0498. The molecule has 0 saturated carbocycles. The molecule has 3 rings (SSSR count). The molecule has 1 aromatic carbocycles. The average Bonchev–Trinajstić information content (AvgIpc) is 2.96. The third-order valence-corrected chi connectivity index (χ3v) is 6.21. The van der Waals surface area contributed by atoms with Gasteiger partial charge < -0.3 is 15.1 Å². The summed E-state index contributed by atoms with van der Waals surface area (Å²) in [4.78, 5) is 25.0. The molecule has 1 atom stereocenters. The third-order valence-electron chi connectivity index (χ3n) is 5.10. The summed E-state index contributed by atoms with van der Waals surface area (Å²) in [5.74, 6) is -0.594. The monoisotopic (exact) mass is 467 g/mol. The highest BCUT2D eigenvalue weighted by atomic mass is 32.2. The van der Waals surface area contributed by atoms with Crippen molar-refractivity contribution < 1.29 is 35.6 Å². The number of urea groups is 1. The zero-order valence-corrected chi connectivity index (χ0v) is 18.0. The van der Waals surface area contributed by atoms with E-state index in [9.17, 15) is 30.8 Å². The molecule has 12 heteroatoms. The molecule has 2 fully saturated rings. The standard InChI is InChI=1S/C17H24FN3O3S.C2HF3O/c1-12-10-20(17(22)21(12)14-5-7-19-8-6-14)11-13-3-4-15(9-16(13)18)25(2,23)24;3-2(4,5)1-6/h3-4,9,12,14,19H,5-8,10-11H2,1-2H3;1H. The molecular formula is C19H25F4N3O4S. The van der Waals surface area contributed by atoms with Crippen LogP contribution in [0.5, 0.6) is 0 Å². The SMILES string of the molecule is CC1CN(Cc2ccc(S(C)(=O)=O)cc2F)C(=O)N1C1CCNCC1.O=CC(F)(F)F. The van der Waals surface area contributed by atoms with E-state index in [4.69, 9.17) is 4.79 Å². The van der Waals surface area contributed by atoms with E-state index in [1.165, 1.54) is 12.1 Å². The van der Waals surface area contributed by atoms with Gasteiger partial charge in [0.15, 0.2) is 9.84 Å². The Balaban J connectivity index is 0.000000501. The molecule has 0 spiro atoms. The van der Waals surface area contributed by atoms with Crippen LogP contribution in [0.2, 0.25) is 0 Å². The van der Waals surface area contributed by atoms with Crippen LogP contribution in [0.3, 0.4) is 0 Å². The molecule has 0 radical (unpaired) electrons. The third kappa shape index (κ3) is 6.89. The first-order valence-corrected chi connectivity index (χ1v) is 11.5. The predicted molar refractivity (Wildman–Crippen MR) is 105 cm³/mol. The average molecular weight is 467 g/mol. The van der Waals surface area contributed by atoms with Crippen molar-refractivity contribution in [3.05, 3.63) is 29.6 Å². The van der Waals surface area contributed by atoms with Gasteiger partial charge in [-0.15, -0.1) is 0 Å². The molecular weight excluding hydrogens is 442 g/mol.